The van der Waals surface area contributed by atoms with E-state index >= 15 is 0 Å². The summed E-state index contributed by atoms with van der Waals surface area (Å²) in [6, 6.07) is 8.78. The van der Waals surface area contributed by atoms with E-state index in [1.54, 1.807) is 5.19 Å². The molecule has 0 atom stereocenters. The first-order valence-electron chi connectivity index (χ1n) is 7.16. The summed E-state index contributed by atoms with van der Waals surface area (Å²) < 4.78 is 0. The Kier molecular flexibility index (Phi) is 4.61. The van der Waals surface area contributed by atoms with Crippen LogP contribution in [-0.4, -0.2) is 57.3 Å². The quantitative estimate of drug-likeness (QED) is 0.775. The lowest BCUT2D eigenvalue weighted by Gasteiger charge is -2.37. The molecule has 0 N–H and O–H groups in total. The molecule has 1 aliphatic rings. The van der Waals surface area contributed by atoms with Crippen molar-refractivity contribution in [3.05, 3.63) is 36.4 Å². The minimum absolute atomic E-state index is 1.20. The second-order valence-electron chi connectivity index (χ2n) is 6.25. The summed E-state index contributed by atoms with van der Waals surface area (Å²) >= 11 is 0. The van der Waals surface area contributed by atoms with Gasteiger partial charge >= 0.3 is 0 Å². The summed E-state index contributed by atoms with van der Waals surface area (Å²) in [7, 11) is 0.797. The molecule has 0 bridgehead atoms. The Labute approximate surface area is 118 Å². The molecular weight excluding hydrogens is 248 g/mol. The summed E-state index contributed by atoms with van der Waals surface area (Å²) in [6.07, 6.45) is 3.26. The Morgan fingerprint density at radius 2 is 1.79 bits per heavy atom. The van der Waals surface area contributed by atoms with Crippen LogP contribution in [0.4, 0.5) is 0 Å². The Bertz CT molecular complexity index is 434. The molecule has 1 aromatic rings. The van der Waals surface area contributed by atoms with E-state index in [0.717, 1.165) is 0 Å². The van der Waals surface area contributed by atoms with Crippen molar-refractivity contribution in [1.29, 1.82) is 0 Å². The van der Waals surface area contributed by atoms with Crippen molar-refractivity contribution in [3.63, 3.8) is 0 Å². The van der Waals surface area contributed by atoms with Crippen molar-refractivity contribution in [3.8, 4) is 0 Å². The van der Waals surface area contributed by atoms with E-state index in [1.165, 1.54) is 37.9 Å². The van der Waals surface area contributed by atoms with Crippen molar-refractivity contribution in [2.24, 2.45) is 0 Å². The minimum Gasteiger partial charge on any atom is -0.304 e. The topological polar surface area (TPSA) is 6.48 Å². The number of nitrogens with zero attached hydrogens (tertiary/aromatic N) is 2. The molecule has 2 nitrogen and oxygen atoms in total. The molecule has 1 aliphatic heterocycles. The van der Waals surface area contributed by atoms with Crippen LogP contribution in [0.2, 0.25) is 13.1 Å². The van der Waals surface area contributed by atoms with Crippen LogP contribution in [0.1, 0.15) is 5.56 Å². The van der Waals surface area contributed by atoms with Crippen LogP contribution in [0.3, 0.4) is 0 Å². The first-order chi connectivity index (χ1) is 9.03. The van der Waals surface area contributed by atoms with Gasteiger partial charge in [-0.3, -0.25) is 0 Å². The van der Waals surface area contributed by atoms with Gasteiger partial charge in [0, 0.05) is 26.2 Å². The normalized spacial score (nSPS) is 18.5. The van der Waals surface area contributed by atoms with Gasteiger partial charge in [-0.25, -0.2) is 0 Å². The van der Waals surface area contributed by atoms with E-state index in [4.69, 9.17) is 0 Å². The fourth-order valence-corrected chi connectivity index (χ4v) is 6.06. The van der Waals surface area contributed by atoms with E-state index in [0.29, 0.717) is 0 Å². The predicted molar refractivity (Wildman–Crippen MR) is 87.6 cm³/mol. The predicted octanol–water partition coefficient (Wildman–Crippen LogP) is 2.03. The molecule has 0 spiro atoms. The Morgan fingerprint density at radius 3 is 2.42 bits per heavy atom. The number of rotatable bonds is 4. The summed E-state index contributed by atoms with van der Waals surface area (Å²) in [6.45, 7) is 13.8. The van der Waals surface area contributed by atoms with Crippen molar-refractivity contribution >= 4 is 19.3 Å². The number of piperazine rings is 1. The monoisotopic (exact) mass is 274 g/mol. The number of benzene rings is 1. The summed E-state index contributed by atoms with van der Waals surface area (Å²) in [5.41, 5.74) is 1.33. The van der Waals surface area contributed by atoms with Gasteiger partial charge in [0.05, 0.1) is 8.07 Å². The average Bonchev–Trinajstić information content (AvgIpc) is 2.41. The summed E-state index contributed by atoms with van der Waals surface area (Å²) in [4.78, 5) is 5.06. The third-order valence-corrected chi connectivity index (χ3v) is 7.28. The second kappa shape index (κ2) is 6.03. The molecule has 3 heteroatoms. The lowest BCUT2D eigenvalue weighted by Crippen LogP contribution is -2.56. The molecule has 0 aromatic heterocycles. The zero-order valence-corrected chi connectivity index (χ0v) is 13.5. The average molecular weight is 274 g/mol. The largest absolute Gasteiger partial charge is 0.304 e. The van der Waals surface area contributed by atoms with E-state index < -0.39 is 8.07 Å². The maximum absolute atomic E-state index is 3.96. The lowest BCUT2D eigenvalue weighted by atomic mass is 10.2. The molecule has 0 unspecified atom stereocenters. The smallest absolute Gasteiger partial charge is 0.0956 e. The van der Waals surface area contributed by atoms with Gasteiger partial charge in [0.15, 0.2) is 0 Å². The molecule has 19 heavy (non-hydrogen) atoms. The standard InChI is InChI=1S/C16H26N2Si/c1-5-15-8-6-7-9-16(15)19(3,4)14-18-12-10-17(2)11-13-18/h5-9H,1,10-14H2,2-4H3. The second-order valence-corrected chi connectivity index (χ2v) is 10.9. The van der Waals surface area contributed by atoms with Crippen LogP contribution in [0.5, 0.6) is 0 Å². The number of hydrogen-bond acceptors (Lipinski definition) is 2. The fraction of sp³-hybridized carbons (Fsp3) is 0.500. The van der Waals surface area contributed by atoms with Gasteiger partial charge in [-0.1, -0.05) is 55.2 Å². The van der Waals surface area contributed by atoms with Gasteiger partial charge < -0.3 is 9.80 Å². The molecule has 0 aliphatic carbocycles. The summed E-state index contributed by atoms with van der Waals surface area (Å²) in [5.74, 6) is 0. The molecular formula is C16H26N2Si. The molecule has 2 rings (SSSR count). The van der Waals surface area contributed by atoms with Gasteiger partial charge in [-0.05, 0) is 18.8 Å². The highest BCUT2D eigenvalue weighted by Gasteiger charge is 2.29. The highest BCUT2D eigenvalue weighted by Crippen LogP contribution is 2.12. The van der Waals surface area contributed by atoms with Crippen molar-refractivity contribution < 1.29 is 0 Å². The third kappa shape index (κ3) is 3.56. The fourth-order valence-electron chi connectivity index (χ4n) is 2.94. The maximum atomic E-state index is 3.96. The Balaban J connectivity index is 2.11. The highest BCUT2D eigenvalue weighted by molar-refractivity contribution is 6.90. The molecule has 0 radical (unpaired) electrons. The van der Waals surface area contributed by atoms with Gasteiger partial charge in [0.25, 0.3) is 0 Å². The SMILES string of the molecule is C=Cc1ccccc1[Si](C)(C)CN1CCN(C)CC1. The van der Waals surface area contributed by atoms with E-state index in [2.05, 4.69) is 60.8 Å². The van der Waals surface area contributed by atoms with Gasteiger partial charge in [0.2, 0.25) is 0 Å². The van der Waals surface area contributed by atoms with Crippen molar-refractivity contribution in [1.82, 2.24) is 9.80 Å². The summed E-state index contributed by atoms with van der Waals surface area (Å²) in [5, 5.41) is 1.55. The Hall–Kier alpha value is -0.903. The van der Waals surface area contributed by atoms with E-state index in [9.17, 15) is 0 Å². The van der Waals surface area contributed by atoms with Crippen LogP contribution in [0.25, 0.3) is 6.08 Å². The number of hydrogen-bond donors (Lipinski definition) is 0. The Morgan fingerprint density at radius 1 is 1.16 bits per heavy atom. The number of likely N-dealkylation sites (N-methyl/N-ethyl adjacent to an activating group) is 1. The lowest BCUT2D eigenvalue weighted by molar-refractivity contribution is 0.171. The molecule has 0 saturated carbocycles. The van der Waals surface area contributed by atoms with Crippen LogP contribution in [0, 0.1) is 0 Å². The van der Waals surface area contributed by atoms with E-state index in [1.807, 2.05) is 6.08 Å². The van der Waals surface area contributed by atoms with E-state index in [-0.39, 0.29) is 0 Å². The van der Waals surface area contributed by atoms with Crippen molar-refractivity contribution in [2.75, 3.05) is 39.4 Å². The van der Waals surface area contributed by atoms with Crippen LogP contribution in [0.15, 0.2) is 30.8 Å². The van der Waals surface area contributed by atoms with Gasteiger partial charge in [-0.2, -0.15) is 0 Å². The molecule has 1 fully saturated rings. The van der Waals surface area contributed by atoms with Crippen molar-refractivity contribution in [2.45, 2.75) is 13.1 Å². The molecule has 1 saturated heterocycles. The maximum Gasteiger partial charge on any atom is 0.0956 e. The molecule has 1 heterocycles. The first kappa shape index (κ1) is 14.5. The van der Waals surface area contributed by atoms with Gasteiger partial charge in [0.1, 0.15) is 0 Å². The zero-order chi connectivity index (χ0) is 13.9. The third-order valence-electron chi connectivity index (χ3n) is 4.12. The zero-order valence-electron chi connectivity index (χ0n) is 12.5. The first-order valence-corrected chi connectivity index (χ1v) is 10.4. The highest BCUT2D eigenvalue weighted by atomic mass is 28.3. The molecule has 104 valence electrons. The van der Waals surface area contributed by atoms with Crippen LogP contribution < -0.4 is 5.19 Å². The minimum atomic E-state index is -1.42. The molecule has 1 aromatic carbocycles. The van der Waals surface area contributed by atoms with Gasteiger partial charge in [-0.15, -0.1) is 0 Å². The molecule has 0 amide bonds. The van der Waals surface area contributed by atoms with Crippen LogP contribution >= 0.6 is 0 Å². The van der Waals surface area contributed by atoms with Crippen LogP contribution in [-0.2, 0) is 0 Å².